The summed E-state index contributed by atoms with van der Waals surface area (Å²) in [5.41, 5.74) is 8.72. The first-order valence-electron chi connectivity index (χ1n) is 10.2. The molecule has 6 heteroatoms. The van der Waals surface area contributed by atoms with Crippen molar-refractivity contribution in [2.45, 2.75) is 6.92 Å². The van der Waals surface area contributed by atoms with Crippen molar-refractivity contribution in [1.82, 2.24) is 10.4 Å². The Morgan fingerprint density at radius 3 is 2.41 bits per heavy atom. The number of aromatic nitrogens is 1. The van der Waals surface area contributed by atoms with Crippen molar-refractivity contribution < 1.29 is 4.79 Å². The van der Waals surface area contributed by atoms with E-state index in [1.807, 2.05) is 98.7 Å². The van der Waals surface area contributed by atoms with Crippen LogP contribution in [-0.4, -0.2) is 31.2 Å². The van der Waals surface area contributed by atoms with Crippen LogP contribution in [0.2, 0.25) is 0 Å². The van der Waals surface area contributed by atoms with E-state index in [2.05, 4.69) is 26.5 Å². The molecule has 0 fully saturated rings. The number of carbonyl (C=O) groups excluding carboxylic acids is 1. The minimum absolute atomic E-state index is 0.275. The first kappa shape index (κ1) is 21.7. The molecule has 1 amide bonds. The number of pyridine rings is 1. The van der Waals surface area contributed by atoms with E-state index in [4.69, 9.17) is 4.98 Å². The number of fused-ring (bicyclic) bond motifs is 1. The van der Waals surface area contributed by atoms with Gasteiger partial charge in [-0.05, 0) is 55.0 Å². The van der Waals surface area contributed by atoms with Gasteiger partial charge in [-0.3, -0.25) is 4.79 Å². The van der Waals surface area contributed by atoms with Crippen LogP contribution in [0.4, 0.5) is 5.69 Å². The van der Waals surface area contributed by atoms with Crippen molar-refractivity contribution in [1.29, 1.82) is 0 Å². The third kappa shape index (κ3) is 4.86. The lowest BCUT2D eigenvalue weighted by Gasteiger charge is -2.11. The van der Waals surface area contributed by atoms with Crippen LogP contribution in [-0.2, 0) is 0 Å². The number of amides is 1. The molecule has 1 aromatic heterocycles. The Morgan fingerprint density at radius 1 is 1.00 bits per heavy atom. The zero-order valence-electron chi connectivity index (χ0n) is 18.1. The average molecular weight is 487 g/mol. The fraction of sp³-hybridized carbons (Fsp3) is 0.115. The quantitative estimate of drug-likeness (QED) is 0.286. The van der Waals surface area contributed by atoms with Crippen LogP contribution in [0.25, 0.3) is 22.2 Å². The van der Waals surface area contributed by atoms with Gasteiger partial charge >= 0.3 is 0 Å². The summed E-state index contributed by atoms with van der Waals surface area (Å²) in [6, 6.07) is 23.5. The molecular formula is C26H23BrN4O. The van der Waals surface area contributed by atoms with Crippen molar-refractivity contribution in [3.05, 3.63) is 94.0 Å². The summed E-state index contributed by atoms with van der Waals surface area (Å²) in [6.07, 6.45) is 1.64. The molecule has 3 aromatic carbocycles. The predicted octanol–water partition coefficient (Wildman–Crippen LogP) is 5.80. The lowest BCUT2D eigenvalue weighted by molar-refractivity contribution is 0.0956. The Balaban J connectivity index is 1.64. The van der Waals surface area contributed by atoms with Crippen LogP contribution >= 0.6 is 15.9 Å². The largest absolute Gasteiger partial charge is 0.378 e. The van der Waals surface area contributed by atoms with Crippen LogP contribution in [0.5, 0.6) is 0 Å². The zero-order valence-corrected chi connectivity index (χ0v) is 19.7. The predicted molar refractivity (Wildman–Crippen MR) is 135 cm³/mol. The lowest BCUT2D eigenvalue weighted by atomic mass is 10.0. The molecule has 0 atom stereocenters. The molecule has 0 aliphatic heterocycles. The van der Waals surface area contributed by atoms with Crippen LogP contribution in [0.15, 0.2) is 82.4 Å². The topological polar surface area (TPSA) is 57.6 Å². The zero-order chi connectivity index (χ0) is 22.7. The third-order valence-corrected chi connectivity index (χ3v) is 5.67. The van der Waals surface area contributed by atoms with Crippen molar-refractivity contribution in [3.63, 3.8) is 0 Å². The van der Waals surface area contributed by atoms with Gasteiger partial charge in [0.25, 0.3) is 5.91 Å². The van der Waals surface area contributed by atoms with E-state index in [-0.39, 0.29) is 5.91 Å². The molecule has 0 bridgehead atoms. The summed E-state index contributed by atoms with van der Waals surface area (Å²) in [7, 11) is 3.99. The summed E-state index contributed by atoms with van der Waals surface area (Å²) in [5.74, 6) is -0.275. The minimum Gasteiger partial charge on any atom is -0.378 e. The number of hydrazone groups is 1. The number of carbonyl (C=O) groups is 1. The van der Waals surface area contributed by atoms with Crippen LogP contribution in [0.3, 0.4) is 0 Å². The van der Waals surface area contributed by atoms with Gasteiger partial charge in [0.05, 0.1) is 23.0 Å². The second-order valence-corrected chi connectivity index (χ2v) is 8.68. The molecule has 0 unspecified atom stereocenters. The van der Waals surface area contributed by atoms with Crippen molar-refractivity contribution in [3.8, 4) is 11.3 Å². The smallest absolute Gasteiger partial charge is 0.272 e. The highest BCUT2D eigenvalue weighted by Gasteiger charge is 2.14. The number of nitrogens with zero attached hydrogens (tertiary/aromatic N) is 3. The number of aryl methyl sites for hydroxylation is 1. The number of hydrogen-bond donors (Lipinski definition) is 1. The van der Waals surface area contributed by atoms with Gasteiger partial charge < -0.3 is 4.90 Å². The van der Waals surface area contributed by atoms with E-state index in [0.29, 0.717) is 5.56 Å². The lowest BCUT2D eigenvalue weighted by Crippen LogP contribution is -2.18. The number of anilines is 1. The molecule has 5 nitrogen and oxygen atoms in total. The van der Waals surface area contributed by atoms with Gasteiger partial charge in [0.1, 0.15) is 0 Å². The van der Waals surface area contributed by atoms with E-state index in [1.165, 1.54) is 0 Å². The second-order valence-electron chi connectivity index (χ2n) is 7.77. The molecule has 1 heterocycles. The maximum Gasteiger partial charge on any atom is 0.272 e. The van der Waals surface area contributed by atoms with Gasteiger partial charge in [0.15, 0.2) is 0 Å². The molecule has 4 rings (SSSR count). The minimum atomic E-state index is -0.275. The van der Waals surface area contributed by atoms with Gasteiger partial charge in [0.2, 0.25) is 0 Å². The number of benzene rings is 3. The Hall–Kier alpha value is -3.51. The fourth-order valence-corrected chi connectivity index (χ4v) is 3.64. The van der Waals surface area contributed by atoms with E-state index < -0.39 is 0 Å². The maximum absolute atomic E-state index is 13.1. The van der Waals surface area contributed by atoms with Crippen molar-refractivity contribution in [2.75, 3.05) is 19.0 Å². The monoisotopic (exact) mass is 486 g/mol. The average Bonchev–Trinajstić information content (AvgIpc) is 2.79. The Kier molecular flexibility index (Phi) is 6.32. The van der Waals surface area contributed by atoms with Gasteiger partial charge in [-0.1, -0.05) is 51.8 Å². The number of hydrogen-bond acceptors (Lipinski definition) is 4. The summed E-state index contributed by atoms with van der Waals surface area (Å²) in [5, 5.41) is 4.97. The van der Waals surface area contributed by atoms with Gasteiger partial charge in [-0.25, -0.2) is 10.4 Å². The second kappa shape index (κ2) is 9.32. The van der Waals surface area contributed by atoms with Gasteiger partial charge in [-0.2, -0.15) is 5.10 Å². The molecule has 32 heavy (non-hydrogen) atoms. The summed E-state index contributed by atoms with van der Waals surface area (Å²) >= 11 is 3.46. The summed E-state index contributed by atoms with van der Waals surface area (Å²) < 4.78 is 0.989. The molecular weight excluding hydrogens is 464 g/mol. The molecule has 160 valence electrons. The summed E-state index contributed by atoms with van der Waals surface area (Å²) in [4.78, 5) is 19.9. The molecule has 0 spiro atoms. The van der Waals surface area contributed by atoms with Crippen LogP contribution < -0.4 is 10.3 Å². The highest BCUT2D eigenvalue weighted by molar-refractivity contribution is 9.10. The van der Waals surface area contributed by atoms with Crippen molar-refractivity contribution in [2.24, 2.45) is 5.10 Å². The first-order valence-corrected chi connectivity index (χ1v) is 11.0. The standard InChI is InChI=1S/C26H23BrN4O/c1-17-4-13-24-22(14-17)23(15-25(29-24)19-7-9-20(27)10-8-19)26(32)30-28-16-18-5-11-21(12-6-18)31(2)3/h4-16H,1-3H3,(H,30,32). The maximum atomic E-state index is 13.1. The highest BCUT2D eigenvalue weighted by Crippen LogP contribution is 2.27. The third-order valence-electron chi connectivity index (χ3n) is 5.14. The highest BCUT2D eigenvalue weighted by atomic mass is 79.9. The summed E-state index contributed by atoms with van der Waals surface area (Å²) in [6.45, 7) is 2.00. The van der Waals surface area contributed by atoms with E-state index in [9.17, 15) is 4.79 Å². The Bertz CT molecular complexity index is 1300. The number of rotatable bonds is 5. The molecule has 0 aliphatic carbocycles. The Morgan fingerprint density at radius 2 is 1.72 bits per heavy atom. The molecule has 4 aromatic rings. The number of halogens is 1. The van der Waals surface area contributed by atoms with Crippen LogP contribution in [0.1, 0.15) is 21.5 Å². The van der Waals surface area contributed by atoms with Crippen molar-refractivity contribution >= 4 is 44.6 Å². The molecule has 0 saturated heterocycles. The van der Waals surface area contributed by atoms with E-state index in [1.54, 1.807) is 6.21 Å². The Labute approximate surface area is 195 Å². The molecule has 0 saturated carbocycles. The normalized spacial score (nSPS) is 11.1. The van der Waals surface area contributed by atoms with Gasteiger partial charge in [0, 0.05) is 35.2 Å². The fourth-order valence-electron chi connectivity index (χ4n) is 3.38. The first-order chi connectivity index (χ1) is 15.4. The molecule has 1 N–H and O–H groups in total. The molecule has 0 radical (unpaired) electrons. The number of nitrogens with one attached hydrogen (secondary N) is 1. The van der Waals surface area contributed by atoms with Crippen LogP contribution in [0, 0.1) is 6.92 Å². The van der Waals surface area contributed by atoms with E-state index >= 15 is 0 Å². The van der Waals surface area contributed by atoms with Gasteiger partial charge in [-0.15, -0.1) is 0 Å². The SMILES string of the molecule is Cc1ccc2nc(-c3ccc(Br)cc3)cc(C(=O)NN=Cc3ccc(N(C)C)cc3)c2c1. The molecule has 0 aliphatic rings. The van der Waals surface area contributed by atoms with E-state index in [0.717, 1.165) is 43.4 Å².